The maximum atomic E-state index is 12.3. The highest BCUT2D eigenvalue weighted by Crippen LogP contribution is 2.18. The van der Waals surface area contributed by atoms with E-state index in [1.807, 2.05) is 37.3 Å². The van der Waals surface area contributed by atoms with Gasteiger partial charge in [-0.3, -0.25) is 4.79 Å². The molecule has 0 aliphatic rings. The highest BCUT2D eigenvalue weighted by Gasteiger charge is 2.11. The first-order chi connectivity index (χ1) is 11.1. The molecule has 1 N–H and O–H groups in total. The molecule has 3 aromatic carbocycles. The number of carbonyl (C=O) groups is 1. The second kappa shape index (κ2) is 6.66. The summed E-state index contributed by atoms with van der Waals surface area (Å²) >= 11 is 0. The van der Waals surface area contributed by atoms with Crippen LogP contribution < -0.4 is 5.32 Å². The van der Waals surface area contributed by atoms with Crippen LogP contribution in [0.3, 0.4) is 0 Å². The summed E-state index contributed by atoms with van der Waals surface area (Å²) < 4.78 is 0. The minimum atomic E-state index is 0.0177. The van der Waals surface area contributed by atoms with E-state index in [2.05, 4.69) is 48.6 Å². The van der Waals surface area contributed by atoms with Crippen LogP contribution in [0.25, 0.3) is 10.8 Å². The smallest absolute Gasteiger partial charge is 0.224 e. The summed E-state index contributed by atoms with van der Waals surface area (Å²) in [5.41, 5.74) is 3.41. The monoisotopic (exact) mass is 303 g/mol. The normalized spacial score (nSPS) is 12.1. The van der Waals surface area contributed by atoms with Crippen LogP contribution in [0, 0.1) is 6.92 Å². The fraction of sp³-hybridized carbons (Fsp3) is 0.190. The van der Waals surface area contributed by atoms with Gasteiger partial charge >= 0.3 is 0 Å². The molecule has 23 heavy (non-hydrogen) atoms. The van der Waals surface area contributed by atoms with E-state index in [9.17, 15) is 4.79 Å². The van der Waals surface area contributed by atoms with Crippen LogP contribution in [0.4, 0.5) is 0 Å². The lowest BCUT2D eigenvalue weighted by Gasteiger charge is -2.16. The number of benzene rings is 3. The van der Waals surface area contributed by atoms with Crippen LogP contribution in [0.1, 0.15) is 29.7 Å². The molecule has 0 aliphatic carbocycles. The average Bonchev–Trinajstić information content (AvgIpc) is 2.55. The Morgan fingerprint density at radius 2 is 1.65 bits per heavy atom. The van der Waals surface area contributed by atoms with E-state index in [-0.39, 0.29) is 11.9 Å². The Labute approximate surface area is 137 Å². The molecule has 0 spiro atoms. The van der Waals surface area contributed by atoms with E-state index in [1.54, 1.807) is 0 Å². The predicted octanol–water partition coefficient (Wildman–Crippen LogP) is 4.57. The highest BCUT2D eigenvalue weighted by atomic mass is 16.1. The maximum Gasteiger partial charge on any atom is 0.224 e. The van der Waals surface area contributed by atoms with Gasteiger partial charge in [0.2, 0.25) is 5.91 Å². The van der Waals surface area contributed by atoms with E-state index < -0.39 is 0 Å². The molecule has 0 fully saturated rings. The number of aryl methyl sites for hydroxylation is 1. The quantitative estimate of drug-likeness (QED) is 0.751. The van der Waals surface area contributed by atoms with Gasteiger partial charge in [-0.25, -0.2) is 0 Å². The SMILES string of the molecule is Cc1ccccc1[C@H](C)NC(=O)Cc1ccc2ccccc2c1. The number of nitrogens with one attached hydrogen (secondary N) is 1. The Kier molecular flexibility index (Phi) is 4.42. The van der Waals surface area contributed by atoms with Gasteiger partial charge in [0.15, 0.2) is 0 Å². The van der Waals surface area contributed by atoms with Gasteiger partial charge in [0.05, 0.1) is 12.5 Å². The van der Waals surface area contributed by atoms with E-state index in [1.165, 1.54) is 21.9 Å². The fourth-order valence-electron chi connectivity index (χ4n) is 2.98. The lowest BCUT2D eigenvalue weighted by Crippen LogP contribution is -2.28. The average molecular weight is 303 g/mol. The first-order valence-corrected chi connectivity index (χ1v) is 7.96. The molecule has 0 aliphatic heterocycles. The molecule has 0 bridgehead atoms. The summed E-state index contributed by atoms with van der Waals surface area (Å²) in [6.07, 6.45) is 0.404. The van der Waals surface area contributed by atoms with Gasteiger partial charge in [-0.05, 0) is 41.3 Å². The van der Waals surface area contributed by atoms with Gasteiger partial charge < -0.3 is 5.32 Å². The fourth-order valence-corrected chi connectivity index (χ4v) is 2.98. The largest absolute Gasteiger partial charge is 0.349 e. The molecule has 1 amide bonds. The van der Waals surface area contributed by atoms with Crippen molar-refractivity contribution in [3.63, 3.8) is 0 Å². The van der Waals surface area contributed by atoms with Gasteiger partial charge in [-0.15, -0.1) is 0 Å². The molecule has 0 unspecified atom stereocenters. The third kappa shape index (κ3) is 3.59. The van der Waals surface area contributed by atoms with E-state index in [0.717, 1.165) is 5.56 Å². The van der Waals surface area contributed by atoms with Crippen molar-refractivity contribution in [1.29, 1.82) is 0 Å². The number of fused-ring (bicyclic) bond motifs is 1. The number of hydrogen-bond donors (Lipinski definition) is 1. The summed E-state index contributed by atoms with van der Waals surface area (Å²) in [6, 6.07) is 22.6. The molecular weight excluding hydrogens is 282 g/mol. The molecule has 1 atom stereocenters. The highest BCUT2D eigenvalue weighted by molar-refractivity contribution is 5.85. The third-order valence-corrected chi connectivity index (χ3v) is 4.21. The summed E-state index contributed by atoms with van der Waals surface area (Å²) in [5, 5.41) is 5.46. The van der Waals surface area contributed by atoms with E-state index in [0.29, 0.717) is 6.42 Å². The first-order valence-electron chi connectivity index (χ1n) is 7.96. The zero-order valence-electron chi connectivity index (χ0n) is 13.5. The zero-order chi connectivity index (χ0) is 16.2. The van der Waals surface area contributed by atoms with Gasteiger partial charge in [0.1, 0.15) is 0 Å². The van der Waals surface area contributed by atoms with Crippen molar-refractivity contribution in [2.45, 2.75) is 26.3 Å². The number of rotatable bonds is 4. The van der Waals surface area contributed by atoms with Crippen LogP contribution in [0.5, 0.6) is 0 Å². The molecular formula is C21H21NO. The third-order valence-electron chi connectivity index (χ3n) is 4.21. The van der Waals surface area contributed by atoms with Crippen molar-refractivity contribution in [3.8, 4) is 0 Å². The van der Waals surface area contributed by atoms with Gasteiger partial charge in [0, 0.05) is 0 Å². The Bertz CT molecular complexity index is 838. The molecule has 0 saturated heterocycles. The summed E-state index contributed by atoms with van der Waals surface area (Å²) in [5.74, 6) is 0.0519. The Hall–Kier alpha value is -2.61. The van der Waals surface area contributed by atoms with Crippen molar-refractivity contribution in [2.24, 2.45) is 0 Å². The first kappa shape index (κ1) is 15.3. The second-order valence-electron chi connectivity index (χ2n) is 6.00. The van der Waals surface area contributed by atoms with Gasteiger partial charge in [-0.1, -0.05) is 66.7 Å². The minimum Gasteiger partial charge on any atom is -0.349 e. The van der Waals surface area contributed by atoms with Crippen molar-refractivity contribution >= 4 is 16.7 Å². The summed E-state index contributed by atoms with van der Waals surface area (Å²) in [4.78, 5) is 12.3. The molecule has 2 nitrogen and oxygen atoms in total. The Morgan fingerprint density at radius 1 is 0.957 bits per heavy atom. The molecule has 3 aromatic rings. The van der Waals surface area contributed by atoms with Crippen LogP contribution in [-0.4, -0.2) is 5.91 Å². The number of hydrogen-bond acceptors (Lipinski definition) is 1. The van der Waals surface area contributed by atoms with Crippen LogP contribution in [-0.2, 0) is 11.2 Å². The summed E-state index contributed by atoms with van der Waals surface area (Å²) in [6.45, 7) is 4.10. The van der Waals surface area contributed by atoms with Gasteiger partial charge in [0.25, 0.3) is 0 Å². The van der Waals surface area contributed by atoms with Gasteiger partial charge in [-0.2, -0.15) is 0 Å². The van der Waals surface area contributed by atoms with Crippen LogP contribution >= 0.6 is 0 Å². The number of amides is 1. The topological polar surface area (TPSA) is 29.1 Å². The van der Waals surface area contributed by atoms with Crippen molar-refractivity contribution in [2.75, 3.05) is 0 Å². The molecule has 0 radical (unpaired) electrons. The molecule has 0 aromatic heterocycles. The number of carbonyl (C=O) groups excluding carboxylic acids is 1. The zero-order valence-corrected chi connectivity index (χ0v) is 13.5. The summed E-state index contributed by atoms with van der Waals surface area (Å²) in [7, 11) is 0. The standard InChI is InChI=1S/C21H21NO/c1-15-7-3-6-10-20(15)16(2)22-21(23)14-17-11-12-18-8-4-5-9-19(18)13-17/h3-13,16H,14H2,1-2H3,(H,22,23)/t16-/m0/s1. The Balaban J connectivity index is 1.69. The minimum absolute atomic E-state index is 0.0177. The maximum absolute atomic E-state index is 12.3. The van der Waals surface area contributed by atoms with E-state index >= 15 is 0 Å². The molecule has 116 valence electrons. The van der Waals surface area contributed by atoms with Crippen LogP contribution in [0.15, 0.2) is 66.7 Å². The van der Waals surface area contributed by atoms with Crippen molar-refractivity contribution in [1.82, 2.24) is 5.32 Å². The van der Waals surface area contributed by atoms with Crippen LogP contribution in [0.2, 0.25) is 0 Å². The Morgan fingerprint density at radius 3 is 2.43 bits per heavy atom. The lowest BCUT2D eigenvalue weighted by atomic mass is 10.0. The van der Waals surface area contributed by atoms with Crippen molar-refractivity contribution in [3.05, 3.63) is 83.4 Å². The molecule has 0 saturated carbocycles. The van der Waals surface area contributed by atoms with E-state index in [4.69, 9.17) is 0 Å². The molecule has 2 heteroatoms. The van der Waals surface area contributed by atoms with Crippen molar-refractivity contribution < 1.29 is 4.79 Å². The lowest BCUT2D eigenvalue weighted by molar-refractivity contribution is -0.121. The molecule has 3 rings (SSSR count). The second-order valence-corrected chi connectivity index (χ2v) is 6.00. The molecule has 0 heterocycles. The predicted molar refractivity (Wildman–Crippen MR) is 95.4 cm³/mol.